The van der Waals surface area contributed by atoms with Crippen molar-refractivity contribution in [1.29, 1.82) is 0 Å². The second-order valence-corrected chi connectivity index (χ2v) is 9.85. The summed E-state index contributed by atoms with van der Waals surface area (Å²) in [6.45, 7) is 3.60. The van der Waals surface area contributed by atoms with Gasteiger partial charge in [-0.15, -0.1) is 0 Å². The van der Waals surface area contributed by atoms with Gasteiger partial charge < -0.3 is 14.8 Å². The summed E-state index contributed by atoms with van der Waals surface area (Å²) in [5.41, 5.74) is 2.52. The maximum absolute atomic E-state index is 13.3. The molecule has 0 spiro atoms. The van der Waals surface area contributed by atoms with E-state index in [0.29, 0.717) is 48.2 Å². The lowest BCUT2D eigenvalue weighted by Gasteiger charge is -2.16. The molecule has 182 valence electrons. The average Bonchev–Trinajstić information content (AvgIpc) is 2.77. The summed E-state index contributed by atoms with van der Waals surface area (Å²) in [4.78, 5) is 0.0892. The molecule has 0 unspecified atom stereocenters. The number of benzene rings is 3. The van der Waals surface area contributed by atoms with Crippen LogP contribution in [0.25, 0.3) is 0 Å². The zero-order chi connectivity index (χ0) is 24.7. The Labute approximate surface area is 208 Å². The molecule has 0 aliphatic heterocycles. The van der Waals surface area contributed by atoms with E-state index in [4.69, 9.17) is 37.8 Å². The van der Waals surface area contributed by atoms with Crippen molar-refractivity contribution in [2.24, 2.45) is 5.14 Å². The highest BCUT2D eigenvalue weighted by Crippen LogP contribution is 2.37. The first-order chi connectivity index (χ1) is 16.2. The van der Waals surface area contributed by atoms with Crippen LogP contribution >= 0.6 is 23.2 Å². The van der Waals surface area contributed by atoms with Crippen molar-refractivity contribution in [3.8, 4) is 11.5 Å². The first-order valence-corrected chi connectivity index (χ1v) is 12.8. The Morgan fingerprint density at radius 3 is 2.35 bits per heavy atom. The molecule has 10 heteroatoms. The number of hydrogen-bond acceptors (Lipinski definition) is 5. The van der Waals surface area contributed by atoms with Crippen molar-refractivity contribution in [2.75, 3.05) is 13.2 Å². The van der Waals surface area contributed by atoms with E-state index in [1.165, 1.54) is 24.3 Å². The highest BCUT2D eigenvalue weighted by molar-refractivity contribution is 7.89. The normalized spacial score (nSPS) is 11.4. The maximum atomic E-state index is 13.3. The number of hydrogen-bond donors (Lipinski definition) is 2. The number of primary sulfonamides is 1. The third-order valence-electron chi connectivity index (χ3n) is 4.93. The molecule has 0 heterocycles. The summed E-state index contributed by atoms with van der Waals surface area (Å²) in [5, 5.41) is 9.11. The van der Waals surface area contributed by atoms with E-state index >= 15 is 0 Å². The van der Waals surface area contributed by atoms with E-state index in [0.717, 1.165) is 11.1 Å². The summed E-state index contributed by atoms with van der Waals surface area (Å²) in [6, 6.07) is 14.2. The predicted octanol–water partition coefficient (Wildman–Crippen LogP) is 5.09. The Morgan fingerprint density at radius 2 is 1.71 bits per heavy atom. The van der Waals surface area contributed by atoms with Crippen molar-refractivity contribution in [2.45, 2.75) is 31.4 Å². The van der Waals surface area contributed by atoms with Crippen LogP contribution < -0.4 is 19.9 Å². The molecule has 0 saturated carbocycles. The molecule has 6 nitrogen and oxygen atoms in total. The average molecular weight is 527 g/mol. The fourth-order valence-corrected chi connectivity index (χ4v) is 4.25. The number of sulfonamides is 1. The molecule has 3 aromatic rings. The highest BCUT2D eigenvalue weighted by atomic mass is 35.5. The minimum Gasteiger partial charge on any atom is -0.490 e. The number of nitrogens with one attached hydrogen (secondary N) is 1. The van der Waals surface area contributed by atoms with Crippen molar-refractivity contribution in [3.05, 3.63) is 87.2 Å². The van der Waals surface area contributed by atoms with Crippen LogP contribution in [0.5, 0.6) is 11.5 Å². The maximum Gasteiger partial charge on any atom is 0.238 e. The molecule has 3 aromatic carbocycles. The molecule has 0 aliphatic carbocycles. The molecule has 0 fully saturated rings. The zero-order valence-electron chi connectivity index (χ0n) is 18.5. The molecule has 0 saturated heterocycles. The van der Waals surface area contributed by atoms with E-state index < -0.39 is 15.8 Å². The lowest BCUT2D eigenvalue weighted by atomic mass is 10.1. The Morgan fingerprint density at radius 1 is 0.971 bits per heavy atom. The Balaban J connectivity index is 1.60. The van der Waals surface area contributed by atoms with Crippen LogP contribution in [0.3, 0.4) is 0 Å². The summed E-state index contributed by atoms with van der Waals surface area (Å²) in [5.74, 6) is 0.477. The van der Waals surface area contributed by atoms with Gasteiger partial charge in [0.15, 0.2) is 11.5 Å². The second-order valence-electron chi connectivity index (χ2n) is 7.48. The van der Waals surface area contributed by atoms with Gasteiger partial charge in [0.05, 0.1) is 21.5 Å². The van der Waals surface area contributed by atoms with Gasteiger partial charge in [0.25, 0.3) is 0 Å². The van der Waals surface area contributed by atoms with Crippen LogP contribution in [-0.2, 0) is 29.6 Å². The molecule has 0 aromatic heterocycles. The fraction of sp³-hybridized carbons (Fsp3) is 0.250. The Bertz CT molecular complexity index is 1240. The Hall–Kier alpha value is -2.36. The van der Waals surface area contributed by atoms with E-state index in [1.807, 2.05) is 13.0 Å². The third kappa shape index (κ3) is 7.32. The monoisotopic (exact) mass is 526 g/mol. The van der Waals surface area contributed by atoms with Gasteiger partial charge in [-0.05, 0) is 67.4 Å². The number of rotatable bonds is 11. The predicted molar refractivity (Wildman–Crippen MR) is 132 cm³/mol. The molecular formula is C24H25Cl2FN2O4S. The minimum absolute atomic E-state index is 0.0892. The minimum atomic E-state index is -3.69. The van der Waals surface area contributed by atoms with Crippen molar-refractivity contribution < 1.29 is 22.3 Å². The molecule has 0 atom stereocenters. The smallest absolute Gasteiger partial charge is 0.238 e. The van der Waals surface area contributed by atoms with Crippen molar-refractivity contribution in [3.63, 3.8) is 0 Å². The van der Waals surface area contributed by atoms with Gasteiger partial charge >= 0.3 is 0 Å². The van der Waals surface area contributed by atoms with Crippen LogP contribution in [-0.4, -0.2) is 21.6 Å². The van der Waals surface area contributed by atoms with E-state index in [-0.39, 0.29) is 16.5 Å². The topological polar surface area (TPSA) is 90.6 Å². The Kier molecular flexibility index (Phi) is 9.16. The van der Waals surface area contributed by atoms with E-state index in [2.05, 4.69) is 5.32 Å². The molecule has 3 rings (SSSR count). The van der Waals surface area contributed by atoms with Gasteiger partial charge in [0.2, 0.25) is 10.0 Å². The first kappa shape index (κ1) is 26.2. The number of nitrogens with two attached hydrogens (primary N) is 1. The van der Waals surface area contributed by atoms with Crippen LogP contribution in [0.2, 0.25) is 10.0 Å². The zero-order valence-corrected chi connectivity index (χ0v) is 20.8. The van der Waals surface area contributed by atoms with Crippen LogP contribution in [0, 0.1) is 5.82 Å². The molecule has 0 amide bonds. The highest BCUT2D eigenvalue weighted by Gasteiger charge is 2.14. The van der Waals surface area contributed by atoms with Crippen molar-refractivity contribution >= 4 is 33.2 Å². The quantitative estimate of drug-likeness (QED) is 0.339. The van der Waals surface area contributed by atoms with Gasteiger partial charge in [-0.25, -0.2) is 17.9 Å². The number of ether oxygens (including phenoxy) is 2. The molecule has 0 radical (unpaired) electrons. The van der Waals surface area contributed by atoms with Crippen LogP contribution in [0.15, 0.2) is 59.5 Å². The van der Waals surface area contributed by atoms with Gasteiger partial charge in [-0.1, -0.05) is 41.4 Å². The van der Waals surface area contributed by atoms with Gasteiger partial charge in [0, 0.05) is 12.1 Å². The summed E-state index contributed by atoms with van der Waals surface area (Å²) >= 11 is 12.6. The fourth-order valence-electron chi connectivity index (χ4n) is 3.23. The largest absolute Gasteiger partial charge is 0.490 e. The van der Waals surface area contributed by atoms with E-state index in [9.17, 15) is 12.8 Å². The van der Waals surface area contributed by atoms with Gasteiger partial charge in [0.1, 0.15) is 12.4 Å². The molecule has 0 aliphatic rings. The number of halogens is 3. The van der Waals surface area contributed by atoms with Crippen molar-refractivity contribution in [1.82, 2.24) is 5.32 Å². The lowest BCUT2D eigenvalue weighted by molar-refractivity contribution is 0.269. The van der Waals surface area contributed by atoms with Gasteiger partial charge in [-0.3, -0.25) is 0 Å². The SMILES string of the molecule is CCOc1cc(CNCCc2ccc(S(N)(=O)=O)cc2)cc(Cl)c1OCc1ccc(F)cc1Cl. The summed E-state index contributed by atoms with van der Waals surface area (Å²) in [6.07, 6.45) is 0.705. The van der Waals surface area contributed by atoms with E-state index in [1.54, 1.807) is 24.3 Å². The van der Waals surface area contributed by atoms with Crippen LogP contribution in [0.4, 0.5) is 4.39 Å². The van der Waals surface area contributed by atoms with Gasteiger partial charge in [-0.2, -0.15) is 0 Å². The summed E-state index contributed by atoms with van der Waals surface area (Å²) < 4.78 is 47.5. The molecule has 3 N–H and O–H groups in total. The molecule has 0 bridgehead atoms. The lowest BCUT2D eigenvalue weighted by Crippen LogP contribution is -2.17. The third-order valence-corrected chi connectivity index (χ3v) is 6.49. The first-order valence-electron chi connectivity index (χ1n) is 10.5. The van der Waals surface area contributed by atoms with Crippen LogP contribution in [0.1, 0.15) is 23.6 Å². The molecular weight excluding hydrogens is 502 g/mol. The second kappa shape index (κ2) is 11.9. The summed E-state index contributed by atoms with van der Waals surface area (Å²) in [7, 11) is -3.69. The standard InChI is InChI=1S/C24H25Cl2FN2O4S/c1-2-32-23-12-17(14-29-10-9-16-3-7-20(8-4-16)34(28,30)31)11-22(26)24(23)33-15-18-5-6-19(27)13-21(18)25/h3-8,11-13,29H,2,9-10,14-15H2,1H3,(H2,28,30,31). The molecule has 34 heavy (non-hydrogen) atoms.